The molecule has 1 atom stereocenters. The topological polar surface area (TPSA) is 0 Å². The SMILES string of the molecule is CCc1ccc(C(Cl)c2ccc(Cl)c(Cl)c2)cc1. The van der Waals surface area contributed by atoms with Crippen LogP contribution in [0.2, 0.25) is 10.0 Å². The van der Waals surface area contributed by atoms with Gasteiger partial charge in [0.25, 0.3) is 0 Å². The third kappa shape index (κ3) is 3.00. The number of hydrogen-bond acceptors (Lipinski definition) is 0. The van der Waals surface area contributed by atoms with Gasteiger partial charge in [0, 0.05) is 0 Å². The molecular weight excluding hydrogens is 287 g/mol. The van der Waals surface area contributed by atoms with E-state index in [2.05, 4.69) is 31.2 Å². The predicted octanol–water partition coefficient (Wildman–Crippen LogP) is 5.88. The molecule has 0 aliphatic heterocycles. The van der Waals surface area contributed by atoms with Crippen molar-refractivity contribution in [3.63, 3.8) is 0 Å². The Morgan fingerprint density at radius 3 is 2.06 bits per heavy atom. The Balaban J connectivity index is 2.28. The van der Waals surface area contributed by atoms with Crippen LogP contribution in [0, 0.1) is 0 Å². The van der Waals surface area contributed by atoms with Crippen molar-refractivity contribution in [2.24, 2.45) is 0 Å². The van der Waals surface area contributed by atoms with E-state index in [9.17, 15) is 0 Å². The maximum Gasteiger partial charge on any atom is 0.0835 e. The Hall–Kier alpha value is -0.690. The van der Waals surface area contributed by atoms with E-state index in [1.807, 2.05) is 12.1 Å². The molecule has 2 aromatic carbocycles. The van der Waals surface area contributed by atoms with E-state index in [-0.39, 0.29) is 5.38 Å². The molecule has 0 aliphatic carbocycles. The fourth-order valence-corrected chi connectivity index (χ4v) is 2.37. The molecule has 0 saturated heterocycles. The van der Waals surface area contributed by atoms with Gasteiger partial charge in [-0.05, 0) is 35.2 Å². The van der Waals surface area contributed by atoms with Crippen molar-refractivity contribution in [2.45, 2.75) is 18.7 Å². The highest BCUT2D eigenvalue weighted by molar-refractivity contribution is 6.42. The van der Waals surface area contributed by atoms with Crippen LogP contribution in [0.5, 0.6) is 0 Å². The average molecular weight is 300 g/mol. The first kappa shape index (κ1) is 13.7. The molecular formula is C15H13Cl3. The lowest BCUT2D eigenvalue weighted by Crippen LogP contribution is -1.94. The Labute approximate surface area is 122 Å². The maximum absolute atomic E-state index is 6.45. The molecule has 0 heterocycles. The summed E-state index contributed by atoms with van der Waals surface area (Å²) in [5, 5.41) is 0.876. The molecule has 0 radical (unpaired) electrons. The van der Waals surface area contributed by atoms with Gasteiger partial charge < -0.3 is 0 Å². The minimum Gasteiger partial charge on any atom is -0.113 e. The summed E-state index contributed by atoms with van der Waals surface area (Å²) in [4.78, 5) is 0. The van der Waals surface area contributed by atoms with Gasteiger partial charge in [0.2, 0.25) is 0 Å². The van der Waals surface area contributed by atoms with Gasteiger partial charge in [-0.15, -0.1) is 11.6 Å². The zero-order chi connectivity index (χ0) is 13.1. The lowest BCUT2D eigenvalue weighted by molar-refractivity contribution is 1.10. The van der Waals surface area contributed by atoms with Crippen LogP contribution in [-0.2, 0) is 6.42 Å². The highest BCUT2D eigenvalue weighted by atomic mass is 35.5. The van der Waals surface area contributed by atoms with E-state index < -0.39 is 0 Å². The number of aryl methyl sites for hydroxylation is 1. The van der Waals surface area contributed by atoms with Crippen molar-refractivity contribution in [1.29, 1.82) is 0 Å². The minimum absolute atomic E-state index is 0.203. The molecule has 1 unspecified atom stereocenters. The van der Waals surface area contributed by atoms with Gasteiger partial charge in [0.1, 0.15) is 0 Å². The zero-order valence-corrected chi connectivity index (χ0v) is 12.2. The van der Waals surface area contributed by atoms with Crippen LogP contribution in [0.1, 0.15) is 29.0 Å². The molecule has 94 valence electrons. The summed E-state index contributed by atoms with van der Waals surface area (Å²) in [7, 11) is 0. The summed E-state index contributed by atoms with van der Waals surface area (Å²) in [6.07, 6.45) is 1.03. The van der Waals surface area contributed by atoms with Gasteiger partial charge in [-0.2, -0.15) is 0 Å². The number of benzene rings is 2. The van der Waals surface area contributed by atoms with Crippen molar-refractivity contribution >= 4 is 34.8 Å². The quantitative estimate of drug-likeness (QED) is 0.620. The van der Waals surface area contributed by atoms with Crippen molar-refractivity contribution < 1.29 is 0 Å². The van der Waals surface area contributed by atoms with Gasteiger partial charge >= 0.3 is 0 Å². The standard InChI is InChI=1S/C15H13Cl3/c1-2-10-3-5-11(6-4-10)15(18)12-7-8-13(16)14(17)9-12/h3-9,15H,2H2,1H3. The van der Waals surface area contributed by atoms with E-state index in [0.717, 1.165) is 17.5 Å². The largest absolute Gasteiger partial charge is 0.113 e. The van der Waals surface area contributed by atoms with Gasteiger partial charge in [-0.3, -0.25) is 0 Å². The van der Waals surface area contributed by atoms with Crippen molar-refractivity contribution in [3.05, 3.63) is 69.2 Å². The highest BCUT2D eigenvalue weighted by Crippen LogP contribution is 2.32. The fraction of sp³-hybridized carbons (Fsp3) is 0.200. The smallest absolute Gasteiger partial charge is 0.0835 e. The van der Waals surface area contributed by atoms with Crippen LogP contribution in [0.3, 0.4) is 0 Å². The predicted molar refractivity (Wildman–Crippen MR) is 80.0 cm³/mol. The zero-order valence-electron chi connectivity index (χ0n) is 9.96. The summed E-state index contributed by atoms with van der Waals surface area (Å²) in [6.45, 7) is 2.13. The van der Waals surface area contributed by atoms with Crippen LogP contribution in [0.15, 0.2) is 42.5 Å². The summed E-state index contributed by atoms with van der Waals surface area (Å²) in [6, 6.07) is 13.8. The Bertz CT molecular complexity index is 532. The van der Waals surface area contributed by atoms with Gasteiger partial charge in [-0.25, -0.2) is 0 Å². The van der Waals surface area contributed by atoms with Gasteiger partial charge in [0.15, 0.2) is 0 Å². The third-order valence-corrected chi connectivity index (χ3v) is 4.16. The van der Waals surface area contributed by atoms with E-state index >= 15 is 0 Å². The molecule has 0 nitrogen and oxygen atoms in total. The van der Waals surface area contributed by atoms with Crippen molar-refractivity contribution in [2.75, 3.05) is 0 Å². The molecule has 18 heavy (non-hydrogen) atoms. The van der Waals surface area contributed by atoms with Crippen LogP contribution in [-0.4, -0.2) is 0 Å². The van der Waals surface area contributed by atoms with Crippen molar-refractivity contribution in [1.82, 2.24) is 0 Å². The first-order valence-electron chi connectivity index (χ1n) is 5.79. The van der Waals surface area contributed by atoms with E-state index in [1.54, 1.807) is 6.07 Å². The molecule has 0 fully saturated rings. The lowest BCUT2D eigenvalue weighted by Gasteiger charge is -2.11. The van der Waals surface area contributed by atoms with E-state index in [1.165, 1.54) is 5.56 Å². The Morgan fingerprint density at radius 2 is 1.50 bits per heavy atom. The molecule has 0 saturated carbocycles. The highest BCUT2D eigenvalue weighted by Gasteiger charge is 2.12. The minimum atomic E-state index is -0.203. The second-order valence-electron chi connectivity index (χ2n) is 4.13. The second-order valence-corrected chi connectivity index (χ2v) is 5.38. The summed E-state index contributed by atoms with van der Waals surface area (Å²) < 4.78 is 0. The molecule has 0 spiro atoms. The summed E-state index contributed by atoms with van der Waals surface area (Å²) in [5.74, 6) is 0. The molecule has 0 aliphatic rings. The van der Waals surface area contributed by atoms with Crippen LogP contribution < -0.4 is 0 Å². The Kier molecular flexibility index (Phi) is 4.55. The van der Waals surface area contributed by atoms with Crippen LogP contribution in [0.25, 0.3) is 0 Å². The van der Waals surface area contributed by atoms with Gasteiger partial charge in [-0.1, -0.05) is 60.5 Å². The second kappa shape index (κ2) is 5.97. The Morgan fingerprint density at radius 1 is 0.889 bits per heavy atom. The maximum atomic E-state index is 6.45. The first-order chi connectivity index (χ1) is 8.61. The monoisotopic (exact) mass is 298 g/mol. The number of alkyl halides is 1. The summed E-state index contributed by atoms with van der Waals surface area (Å²) >= 11 is 18.3. The van der Waals surface area contributed by atoms with Crippen LogP contribution >= 0.6 is 34.8 Å². The third-order valence-electron chi connectivity index (χ3n) is 2.92. The average Bonchev–Trinajstić information content (AvgIpc) is 2.41. The lowest BCUT2D eigenvalue weighted by atomic mass is 10.0. The van der Waals surface area contributed by atoms with Crippen LogP contribution in [0.4, 0.5) is 0 Å². The number of halogens is 3. The molecule has 0 amide bonds. The first-order valence-corrected chi connectivity index (χ1v) is 6.99. The van der Waals surface area contributed by atoms with E-state index in [4.69, 9.17) is 34.8 Å². The summed E-state index contributed by atoms with van der Waals surface area (Å²) in [5.41, 5.74) is 3.32. The molecule has 3 heteroatoms. The number of hydrogen-bond donors (Lipinski definition) is 0. The van der Waals surface area contributed by atoms with Crippen molar-refractivity contribution in [3.8, 4) is 0 Å². The molecule has 2 rings (SSSR count). The fourth-order valence-electron chi connectivity index (χ4n) is 1.78. The number of rotatable bonds is 3. The van der Waals surface area contributed by atoms with Gasteiger partial charge in [0.05, 0.1) is 15.4 Å². The molecule has 0 bridgehead atoms. The normalized spacial score (nSPS) is 12.4. The molecule has 0 N–H and O–H groups in total. The molecule has 0 aromatic heterocycles. The molecule has 2 aromatic rings. The van der Waals surface area contributed by atoms with E-state index in [0.29, 0.717) is 10.0 Å².